The molecule has 0 spiro atoms. The average Bonchev–Trinajstić information content (AvgIpc) is 2.98. The number of rotatable bonds is 5. The molecule has 4 nitrogen and oxygen atoms in total. The van der Waals surface area contributed by atoms with E-state index in [1.54, 1.807) is 18.4 Å². The fourth-order valence-corrected chi connectivity index (χ4v) is 2.98. The summed E-state index contributed by atoms with van der Waals surface area (Å²) >= 11 is 2.94. The zero-order valence-corrected chi connectivity index (χ0v) is 11.9. The zero-order valence-electron chi connectivity index (χ0n) is 10.2. The molecule has 96 valence electrons. The second-order valence-corrected chi connectivity index (χ2v) is 5.49. The number of anilines is 1. The summed E-state index contributed by atoms with van der Waals surface area (Å²) in [6, 6.07) is 4.03. The lowest BCUT2D eigenvalue weighted by atomic mass is 10.2. The van der Waals surface area contributed by atoms with Gasteiger partial charge in [0.25, 0.3) is 0 Å². The molecule has 18 heavy (non-hydrogen) atoms. The summed E-state index contributed by atoms with van der Waals surface area (Å²) in [6.07, 6.45) is 0.759. The predicted molar refractivity (Wildman–Crippen MR) is 74.7 cm³/mol. The van der Waals surface area contributed by atoms with Gasteiger partial charge in [-0.15, -0.1) is 11.3 Å². The largest absolute Gasteiger partial charge is 0.462 e. The van der Waals surface area contributed by atoms with Gasteiger partial charge in [-0.3, -0.25) is 0 Å². The van der Waals surface area contributed by atoms with Crippen molar-refractivity contribution >= 4 is 33.8 Å². The highest BCUT2D eigenvalue weighted by Gasteiger charge is 2.18. The Bertz CT molecular complexity index is 520. The van der Waals surface area contributed by atoms with E-state index >= 15 is 0 Å². The number of nitrogens with zero attached hydrogens (tertiary/aromatic N) is 1. The topological polar surface area (TPSA) is 51.2 Å². The van der Waals surface area contributed by atoms with E-state index in [1.165, 1.54) is 16.4 Å². The fraction of sp³-hybridized carbons (Fsp3) is 0.333. The molecule has 1 N–H and O–H groups in total. The van der Waals surface area contributed by atoms with Gasteiger partial charge in [0, 0.05) is 18.3 Å². The third-order valence-electron chi connectivity index (χ3n) is 2.46. The smallest absolute Gasteiger partial charge is 0.343 e. The molecule has 0 radical (unpaired) electrons. The number of nitrogens with one attached hydrogen (secondary N) is 1. The van der Waals surface area contributed by atoms with Crippen LogP contribution in [-0.2, 0) is 11.2 Å². The molecule has 0 saturated carbocycles. The Hall–Kier alpha value is -1.40. The highest BCUT2D eigenvalue weighted by molar-refractivity contribution is 7.10. The minimum absolute atomic E-state index is 0.304. The number of ether oxygens (including phenoxy) is 1. The zero-order chi connectivity index (χ0) is 13.0. The monoisotopic (exact) mass is 282 g/mol. The number of aromatic nitrogens is 1. The second-order valence-electron chi connectivity index (χ2n) is 3.69. The molecule has 0 aliphatic heterocycles. The molecule has 0 fully saturated rings. The first-order chi connectivity index (χ1) is 8.72. The Labute approximate surface area is 114 Å². The Morgan fingerprint density at radius 2 is 2.39 bits per heavy atom. The SMILES string of the molecule is CNc1snc(C)c1C(=O)OCCc1cccs1. The summed E-state index contributed by atoms with van der Waals surface area (Å²) in [5.74, 6) is -0.304. The van der Waals surface area contributed by atoms with E-state index in [-0.39, 0.29) is 5.97 Å². The van der Waals surface area contributed by atoms with Crippen molar-refractivity contribution in [2.45, 2.75) is 13.3 Å². The van der Waals surface area contributed by atoms with Crippen LogP contribution in [0.25, 0.3) is 0 Å². The number of hydrogen-bond donors (Lipinski definition) is 1. The lowest BCUT2D eigenvalue weighted by molar-refractivity contribution is 0.0510. The van der Waals surface area contributed by atoms with Crippen LogP contribution in [-0.4, -0.2) is 24.0 Å². The van der Waals surface area contributed by atoms with Crippen molar-refractivity contribution in [1.29, 1.82) is 0 Å². The second kappa shape index (κ2) is 5.97. The van der Waals surface area contributed by atoms with E-state index in [9.17, 15) is 4.79 Å². The molecule has 0 amide bonds. The summed E-state index contributed by atoms with van der Waals surface area (Å²) in [5, 5.41) is 5.73. The third kappa shape index (κ3) is 2.88. The van der Waals surface area contributed by atoms with Gasteiger partial charge in [-0.05, 0) is 29.9 Å². The number of esters is 1. The number of thiophene rings is 1. The van der Waals surface area contributed by atoms with Gasteiger partial charge >= 0.3 is 5.97 Å². The minimum atomic E-state index is -0.304. The average molecular weight is 282 g/mol. The highest BCUT2D eigenvalue weighted by Crippen LogP contribution is 2.24. The van der Waals surface area contributed by atoms with E-state index in [4.69, 9.17) is 4.74 Å². The summed E-state index contributed by atoms with van der Waals surface area (Å²) in [6.45, 7) is 2.21. The minimum Gasteiger partial charge on any atom is -0.462 e. The van der Waals surface area contributed by atoms with Crippen molar-refractivity contribution < 1.29 is 9.53 Å². The van der Waals surface area contributed by atoms with Crippen molar-refractivity contribution in [2.75, 3.05) is 19.0 Å². The maximum atomic E-state index is 11.9. The first-order valence-electron chi connectivity index (χ1n) is 5.56. The number of aryl methyl sites for hydroxylation is 1. The molecule has 0 bridgehead atoms. The first kappa shape index (κ1) is 13.0. The predicted octanol–water partition coefficient (Wildman–Crippen LogP) is 2.95. The molecule has 2 aromatic rings. The van der Waals surface area contributed by atoms with Gasteiger partial charge in [-0.1, -0.05) is 6.07 Å². The summed E-state index contributed by atoms with van der Waals surface area (Å²) in [5.41, 5.74) is 1.26. The molecular formula is C12H14N2O2S2. The molecular weight excluding hydrogens is 268 g/mol. The fourth-order valence-electron chi connectivity index (χ4n) is 1.55. The summed E-state index contributed by atoms with van der Waals surface area (Å²) in [4.78, 5) is 13.2. The number of carbonyl (C=O) groups excluding carboxylic acids is 1. The van der Waals surface area contributed by atoms with Crippen LogP contribution in [0.4, 0.5) is 5.00 Å². The van der Waals surface area contributed by atoms with Crippen LogP contribution in [0.3, 0.4) is 0 Å². The lowest BCUT2D eigenvalue weighted by Crippen LogP contribution is -2.10. The van der Waals surface area contributed by atoms with Crippen LogP contribution in [0.1, 0.15) is 20.9 Å². The van der Waals surface area contributed by atoms with Gasteiger partial charge in [0.1, 0.15) is 10.6 Å². The molecule has 0 atom stereocenters. The third-order valence-corrected chi connectivity index (χ3v) is 4.35. The van der Waals surface area contributed by atoms with Crippen molar-refractivity contribution in [3.8, 4) is 0 Å². The van der Waals surface area contributed by atoms with Crippen LogP contribution in [0.5, 0.6) is 0 Å². The first-order valence-corrected chi connectivity index (χ1v) is 7.21. The van der Waals surface area contributed by atoms with Gasteiger partial charge in [-0.25, -0.2) is 4.79 Å². The van der Waals surface area contributed by atoms with Gasteiger partial charge < -0.3 is 10.1 Å². The van der Waals surface area contributed by atoms with Crippen LogP contribution >= 0.6 is 22.9 Å². The normalized spacial score (nSPS) is 10.3. The standard InChI is InChI=1S/C12H14N2O2S2/c1-8-10(11(13-2)18-14-8)12(15)16-6-5-9-4-3-7-17-9/h3-4,7,13H,5-6H2,1-2H3. The Morgan fingerprint density at radius 1 is 1.56 bits per heavy atom. The van der Waals surface area contributed by atoms with Gasteiger partial charge in [0.2, 0.25) is 0 Å². The van der Waals surface area contributed by atoms with Crippen molar-refractivity contribution in [3.05, 3.63) is 33.6 Å². The Balaban J connectivity index is 1.93. The molecule has 0 aliphatic carbocycles. The van der Waals surface area contributed by atoms with E-state index in [0.717, 1.165) is 11.4 Å². The summed E-state index contributed by atoms with van der Waals surface area (Å²) < 4.78 is 9.42. The van der Waals surface area contributed by atoms with E-state index in [0.29, 0.717) is 17.9 Å². The van der Waals surface area contributed by atoms with E-state index < -0.39 is 0 Å². The van der Waals surface area contributed by atoms with Gasteiger partial charge in [0.15, 0.2) is 0 Å². The molecule has 2 heterocycles. The van der Waals surface area contributed by atoms with Crippen LogP contribution in [0.15, 0.2) is 17.5 Å². The van der Waals surface area contributed by atoms with E-state index in [1.807, 2.05) is 24.4 Å². The number of carbonyl (C=O) groups is 1. The summed E-state index contributed by atoms with van der Waals surface area (Å²) in [7, 11) is 1.77. The molecule has 0 aliphatic rings. The van der Waals surface area contributed by atoms with Crippen molar-refractivity contribution in [1.82, 2.24) is 4.37 Å². The molecule has 0 saturated heterocycles. The maximum Gasteiger partial charge on any atom is 0.343 e. The highest BCUT2D eigenvalue weighted by atomic mass is 32.1. The van der Waals surface area contributed by atoms with Crippen LogP contribution < -0.4 is 5.32 Å². The van der Waals surface area contributed by atoms with Crippen molar-refractivity contribution in [2.24, 2.45) is 0 Å². The number of hydrogen-bond acceptors (Lipinski definition) is 6. The van der Waals surface area contributed by atoms with Gasteiger partial charge in [-0.2, -0.15) is 4.37 Å². The lowest BCUT2D eigenvalue weighted by Gasteiger charge is -2.05. The quantitative estimate of drug-likeness (QED) is 0.857. The van der Waals surface area contributed by atoms with Crippen molar-refractivity contribution in [3.63, 3.8) is 0 Å². The molecule has 6 heteroatoms. The molecule has 2 aromatic heterocycles. The van der Waals surface area contributed by atoms with E-state index in [2.05, 4.69) is 9.69 Å². The maximum absolute atomic E-state index is 11.9. The molecule has 2 rings (SSSR count). The van der Waals surface area contributed by atoms with Crippen LogP contribution in [0, 0.1) is 6.92 Å². The van der Waals surface area contributed by atoms with Gasteiger partial charge in [0.05, 0.1) is 12.3 Å². The molecule has 0 unspecified atom stereocenters. The van der Waals surface area contributed by atoms with Crippen LogP contribution in [0.2, 0.25) is 0 Å². The Morgan fingerprint density at radius 3 is 3.06 bits per heavy atom. The molecule has 0 aromatic carbocycles. The Kier molecular flexibility index (Phi) is 4.33.